The number of likely N-dealkylation sites (N-methyl/N-ethyl adjacent to an activating group) is 1. The van der Waals surface area contributed by atoms with Crippen LogP contribution in [0, 0.1) is 0 Å². The Balaban J connectivity index is 1.76. The van der Waals surface area contributed by atoms with Gasteiger partial charge < -0.3 is 19.3 Å². The molecule has 24 heavy (non-hydrogen) atoms. The van der Waals surface area contributed by atoms with Gasteiger partial charge in [-0.05, 0) is 45.5 Å². The molecule has 0 saturated carbocycles. The van der Waals surface area contributed by atoms with Crippen LogP contribution in [0.25, 0.3) is 0 Å². The number of hydrogen-bond acceptors (Lipinski definition) is 3. The van der Waals surface area contributed by atoms with Crippen molar-refractivity contribution in [2.75, 3.05) is 33.7 Å². The van der Waals surface area contributed by atoms with Crippen molar-refractivity contribution in [3.63, 3.8) is 0 Å². The fraction of sp³-hybridized carbons (Fsp3) is 0.667. The number of carbonyl (C=O) groups is 2. The topological polar surface area (TPSA) is 48.8 Å². The molecule has 1 aromatic rings. The van der Waals surface area contributed by atoms with E-state index in [4.69, 9.17) is 0 Å². The summed E-state index contributed by atoms with van der Waals surface area (Å²) < 4.78 is 1.98. The predicted octanol–water partition coefficient (Wildman–Crippen LogP) is 1.48. The third kappa shape index (κ3) is 2.95. The lowest BCUT2D eigenvalue weighted by molar-refractivity contribution is -0.132. The Bertz CT molecular complexity index is 631. The highest BCUT2D eigenvalue weighted by Crippen LogP contribution is 2.32. The number of aromatic nitrogens is 1. The fourth-order valence-electron chi connectivity index (χ4n) is 3.80. The van der Waals surface area contributed by atoms with Crippen LogP contribution in [0.5, 0.6) is 0 Å². The first-order valence-corrected chi connectivity index (χ1v) is 8.78. The number of carbonyl (C=O) groups excluding carboxylic acids is 2. The van der Waals surface area contributed by atoms with E-state index in [0.717, 1.165) is 50.3 Å². The zero-order valence-corrected chi connectivity index (χ0v) is 15.2. The minimum atomic E-state index is 0.0898. The van der Waals surface area contributed by atoms with Gasteiger partial charge in [0, 0.05) is 45.3 Å². The minimum Gasteiger partial charge on any atom is -0.342 e. The molecule has 2 saturated heterocycles. The summed E-state index contributed by atoms with van der Waals surface area (Å²) in [5.41, 5.74) is 1.79. The van der Waals surface area contributed by atoms with Crippen molar-refractivity contribution in [3.05, 3.63) is 23.5 Å². The number of amides is 2. The quantitative estimate of drug-likeness (QED) is 0.842. The molecular formula is C18H28N4O2. The molecule has 0 aliphatic carbocycles. The van der Waals surface area contributed by atoms with Gasteiger partial charge in [0.2, 0.25) is 5.91 Å². The molecule has 2 aliphatic heterocycles. The van der Waals surface area contributed by atoms with E-state index >= 15 is 0 Å². The lowest BCUT2D eigenvalue weighted by Gasteiger charge is -2.42. The van der Waals surface area contributed by atoms with Gasteiger partial charge in [-0.1, -0.05) is 0 Å². The molecule has 2 amide bonds. The van der Waals surface area contributed by atoms with Crippen molar-refractivity contribution >= 4 is 11.8 Å². The van der Waals surface area contributed by atoms with Crippen molar-refractivity contribution in [3.8, 4) is 0 Å². The monoisotopic (exact) mass is 332 g/mol. The summed E-state index contributed by atoms with van der Waals surface area (Å²) >= 11 is 0. The highest BCUT2D eigenvalue weighted by atomic mass is 16.2. The Hall–Kier alpha value is -1.82. The van der Waals surface area contributed by atoms with Crippen LogP contribution >= 0.6 is 0 Å². The van der Waals surface area contributed by atoms with Crippen LogP contribution in [0.4, 0.5) is 0 Å². The van der Waals surface area contributed by atoms with Crippen LogP contribution < -0.4 is 0 Å². The van der Waals surface area contributed by atoms with Crippen molar-refractivity contribution in [2.45, 2.75) is 38.3 Å². The van der Waals surface area contributed by atoms with Crippen LogP contribution in [0.2, 0.25) is 0 Å². The summed E-state index contributed by atoms with van der Waals surface area (Å²) in [5.74, 6) is 0.206. The summed E-state index contributed by atoms with van der Waals surface area (Å²) in [6.45, 7) is 4.02. The van der Waals surface area contributed by atoms with Crippen molar-refractivity contribution in [1.82, 2.24) is 19.3 Å². The molecule has 2 aliphatic rings. The second-order valence-corrected chi connectivity index (χ2v) is 7.25. The van der Waals surface area contributed by atoms with Crippen molar-refractivity contribution in [1.29, 1.82) is 0 Å². The first-order chi connectivity index (χ1) is 11.4. The molecule has 2 fully saturated rings. The Morgan fingerprint density at radius 3 is 2.50 bits per heavy atom. The smallest absolute Gasteiger partial charge is 0.270 e. The summed E-state index contributed by atoms with van der Waals surface area (Å²) in [7, 11) is 6.04. The minimum absolute atomic E-state index is 0.0898. The predicted molar refractivity (Wildman–Crippen MR) is 92.8 cm³/mol. The lowest BCUT2D eigenvalue weighted by Crippen LogP contribution is -2.59. The molecule has 0 aromatic carbocycles. The molecule has 0 N–H and O–H groups in total. The molecule has 0 spiro atoms. The van der Waals surface area contributed by atoms with Gasteiger partial charge in [-0.3, -0.25) is 9.59 Å². The molecule has 132 valence electrons. The van der Waals surface area contributed by atoms with E-state index < -0.39 is 0 Å². The number of likely N-dealkylation sites (tertiary alicyclic amines) is 2. The lowest BCUT2D eigenvalue weighted by atomic mass is 9.99. The molecule has 1 atom stereocenters. The van der Waals surface area contributed by atoms with Crippen LogP contribution in [0.1, 0.15) is 48.4 Å². The molecule has 3 heterocycles. The zero-order chi connectivity index (χ0) is 17.4. The third-order valence-electron chi connectivity index (χ3n) is 5.51. The van der Waals surface area contributed by atoms with Crippen molar-refractivity contribution < 1.29 is 9.59 Å². The van der Waals surface area contributed by atoms with E-state index in [2.05, 4.69) is 4.90 Å². The molecule has 6 nitrogen and oxygen atoms in total. The van der Waals surface area contributed by atoms with Gasteiger partial charge in [0.05, 0.1) is 6.04 Å². The van der Waals surface area contributed by atoms with Gasteiger partial charge in [0.15, 0.2) is 0 Å². The Labute approximate surface area is 144 Å². The summed E-state index contributed by atoms with van der Waals surface area (Å²) in [6, 6.07) is 4.48. The van der Waals surface area contributed by atoms with E-state index in [1.165, 1.54) is 0 Å². The SMILES string of the molecule is CC(=O)N1CCCC[C@H]1c1ccc(C(=O)N2CC(N(C)C)C2)n1C. The van der Waals surface area contributed by atoms with Gasteiger partial charge in [-0.15, -0.1) is 0 Å². The second-order valence-electron chi connectivity index (χ2n) is 7.25. The number of rotatable bonds is 3. The van der Waals surface area contributed by atoms with E-state index in [0.29, 0.717) is 6.04 Å². The van der Waals surface area contributed by atoms with Crippen LogP contribution in [0.15, 0.2) is 12.1 Å². The van der Waals surface area contributed by atoms with Gasteiger partial charge in [-0.25, -0.2) is 0 Å². The first-order valence-electron chi connectivity index (χ1n) is 8.78. The van der Waals surface area contributed by atoms with Gasteiger partial charge in [0.1, 0.15) is 5.69 Å². The molecule has 0 radical (unpaired) electrons. The number of piperidine rings is 1. The van der Waals surface area contributed by atoms with E-state index in [1.54, 1.807) is 6.92 Å². The van der Waals surface area contributed by atoms with Crippen molar-refractivity contribution in [2.24, 2.45) is 7.05 Å². The molecule has 0 bridgehead atoms. The maximum Gasteiger partial charge on any atom is 0.270 e. The van der Waals surface area contributed by atoms with Gasteiger partial charge in [-0.2, -0.15) is 0 Å². The molecule has 6 heteroatoms. The Kier molecular flexibility index (Phi) is 4.67. The normalized spacial score (nSPS) is 22.0. The van der Waals surface area contributed by atoms with E-state index in [1.807, 2.05) is 47.6 Å². The average Bonchev–Trinajstić information content (AvgIpc) is 2.86. The highest BCUT2D eigenvalue weighted by Gasteiger charge is 2.35. The van der Waals surface area contributed by atoms with E-state index in [9.17, 15) is 9.59 Å². The average molecular weight is 332 g/mol. The maximum absolute atomic E-state index is 12.7. The molecular weight excluding hydrogens is 304 g/mol. The molecule has 3 rings (SSSR count). The fourth-order valence-corrected chi connectivity index (χ4v) is 3.80. The Morgan fingerprint density at radius 1 is 1.17 bits per heavy atom. The summed E-state index contributed by atoms with van der Waals surface area (Å²) in [6.07, 6.45) is 3.16. The van der Waals surface area contributed by atoms with Crippen LogP contribution in [-0.4, -0.2) is 70.9 Å². The second kappa shape index (κ2) is 6.59. The van der Waals surface area contributed by atoms with Crippen LogP contribution in [-0.2, 0) is 11.8 Å². The summed E-state index contributed by atoms with van der Waals surface area (Å²) in [5, 5.41) is 0. The standard InChI is InChI=1S/C18H28N4O2/c1-13(23)22-10-6-5-7-16(22)15-8-9-17(20(15)4)18(24)21-11-14(12-21)19(2)3/h8-9,14,16H,5-7,10-12H2,1-4H3/t16-/m0/s1. The van der Waals surface area contributed by atoms with Gasteiger partial charge >= 0.3 is 0 Å². The zero-order valence-electron chi connectivity index (χ0n) is 15.2. The Morgan fingerprint density at radius 2 is 1.88 bits per heavy atom. The first kappa shape index (κ1) is 17.0. The van der Waals surface area contributed by atoms with E-state index in [-0.39, 0.29) is 17.9 Å². The maximum atomic E-state index is 12.7. The largest absolute Gasteiger partial charge is 0.342 e. The number of hydrogen-bond donors (Lipinski definition) is 0. The van der Waals surface area contributed by atoms with Gasteiger partial charge in [0.25, 0.3) is 5.91 Å². The summed E-state index contributed by atoms with van der Waals surface area (Å²) in [4.78, 5) is 30.7. The molecule has 1 aromatic heterocycles. The highest BCUT2D eigenvalue weighted by molar-refractivity contribution is 5.93. The van der Waals surface area contributed by atoms with Crippen LogP contribution in [0.3, 0.4) is 0 Å². The molecule has 0 unspecified atom stereocenters. The number of nitrogens with zero attached hydrogens (tertiary/aromatic N) is 4. The third-order valence-corrected chi connectivity index (χ3v) is 5.51.